The van der Waals surface area contributed by atoms with Gasteiger partial charge in [0, 0.05) is 44.1 Å². The smallest absolute Gasteiger partial charge is 0.155 e. The molecule has 0 amide bonds. The summed E-state index contributed by atoms with van der Waals surface area (Å²) in [5.41, 5.74) is 16.5. The van der Waals surface area contributed by atoms with E-state index in [0.717, 1.165) is 47.6 Å². The molecule has 1 aliphatic carbocycles. The Kier molecular flexibility index (Phi) is 10.1. The van der Waals surface area contributed by atoms with Crippen LogP contribution in [0, 0.1) is 5.92 Å². The molecule has 2 aliphatic rings. The van der Waals surface area contributed by atoms with Crippen molar-refractivity contribution >= 4 is 82.4 Å². The Morgan fingerprint density at radius 1 is 0.458 bits per heavy atom. The van der Waals surface area contributed by atoms with Crippen LogP contribution in [-0.4, -0.2) is 20.7 Å². The fourth-order valence-corrected chi connectivity index (χ4v) is 12.0. The predicted molar refractivity (Wildman–Crippen MR) is 305 cm³/mol. The lowest BCUT2D eigenvalue weighted by atomic mass is 9.82. The maximum Gasteiger partial charge on any atom is 0.155 e. The zero-order chi connectivity index (χ0) is 47.7. The van der Waals surface area contributed by atoms with Crippen LogP contribution in [0.15, 0.2) is 247 Å². The van der Waals surface area contributed by atoms with Gasteiger partial charge in [0.05, 0.1) is 39.5 Å². The number of allylic oxidation sites excluding steroid dienone is 4. The van der Waals surface area contributed by atoms with E-state index in [1.54, 1.807) is 0 Å². The third-order valence-electron chi connectivity index (χ3n) is 15.3. The molecule has 4 nitrogen and oxygen atoms in total. The second-order valence-electron chi connectivity index (χ2n) is 19.4. The molecule has 342 valence electrons. The molecule has 0 spiro atoms. The maximum atomic E-state index is 5.54. The molecule has 0 fully saturated rings. The fourth-order valence-electron chi connectivity index (χ4n) is 12.0. The van der Waals surface area contributed by atoms with Gasteiger partial charge in [0.15, 0.2) is 5.84 Å². The van der Waals surface area contributed by atoms with Crippen molar-refractivity contribution in [3.63, 3.8) is 0 Å². The largest absolute Gasteiger partial charge is 0.309 e. The maximum absolute atomic E-state index is 5.54. The molecule has 2 atom stereocenters. The number of aliphatic imine (C=N–C) groups is 2. The van der Waals surface area contributed by atoms with E-state index in [0.29, 0.717) is 0 Å². The van der Waals surface area contributed by atoms with Crippen molar-refractivity contribution in [3.8, 4) is 27.9 Å². The highest BCUT2D eigenvalue weighted by Gasteiger charge is 2.32. The molecule has 0 saturated heterocycles. The van der Waals surface area contributed by atoms with E-state index in [1.807, 2.05) is 0 Å². The second kappa shape index (κ2) is 17.2. The van der Waals surface area contributed by atoms with E-state index in [9.17, 15) is 0 Å². The minimum Gasteiger partial charge on any atom is -0.309 e. The Labute approximate surface area is 418 Å². The van der Waals surface area contributed by atoms with Crippen LogP contribution in [0.1, 0.15) is 48.9 Å². The van der Waals surface area contributed by atoms with Crippen LogP contribution in [0.2, 0.25) is 0 Å². The first-order valence-electron chi connectivity index (χ1n) is 25.4. The average Bonchev–Trinajstić information content (AvgIpc) is 3.96. The van der Waals surface area contributed by atoms with E-state index in [-0.39, 0.29) is 12.0 Å². The van der Waals surface area contributed by atoms with Crippen LogP contribution >= 0.6 is 0 Å². The molecule has 0 N–H and O–H groups in total. The Morgan fingerprint density at radius 2 is 1.14 bits per heavy atom. The first-order valence-corrected chi connectivity index (χ1v) is 25.4. The predicted octanol–water partition coefficient (Wildman–Crippen LogP) is 17.7. The van der Waals surface area contributed by atoms with E-state index in [2.05, 4.69) is 253 Å². The van der Waals surface area contributed by atoms with Crippen molar-refractivity contribution in [1.29, 1.82) is 0 Å². The van der Waals surface area contributed by atoms with Gasteiger partial charge in [0.2, 0.25) is 0 Å². The SMILES string of the molecule is CCC1C(c2cccc(-c3ccccc3)c2)=NC(c2ccccc2)=NC1c1ccc2c(-n3c4ccccc4c4cc5c6c7ccccc7c(-c7ccccc7)cc6n(C6=CCCC=C6)c5cc43)cccc2c1. The minimum absolute atomic E-state index is 0.0747. The topological polar surface area (TPSA) is 34.6 Å². The van der Waals surface area contributed by atoms with E-state index >= 15 is 0 Å². The summed E-state index contributed by atoms with van der Waals surface area (Å²) >= 11 is 0. The first-order chi connectivity index (χ1) is 35.7. The molecule has 2 unspecified atom stereocenters. The van der Waals surface area contributed by atoms with Crippen LogP contribution in [-0.2, 0) is 0 Å². The third kappa shape index (κ3) is 6.81. The number of hydrogen-bond acceptors (Lipinski definition) is 2. The van der Waals surface area contributed by atoms with Crippen molar-refractivity contribution in [2.24, 2.45) is 15.9 Å². The van der Waals surface area contributed by atoms with Crippen molar-refractivity contribution in [2.45, 2.75) is 32.2 Å². The number of rotatable bonds is 8. The zero-order valence-corrected chi connectivity index (χ0v) is 40.1. The standard InChI is InChI=1S/C68H50N4/c1-2-52-66(49-29-19-27-47(39-49)44-21-7-3-8-22-44)69-68(46-25-11-5-12-26-46)70-67(52)50-37-38-53-48(40-50)28-20-36-60(53)72-61-35-18-17-33-55(61)58-41-59-63(43-62(58)72)71(51-30-13-6-14-31-51)64-42-57(45-23-9-4-10-24-45)54-32-15-16-34-56(54)65(59)64/h3-5,7-13,15-43,52,67H,2,6,14H2,1H3. The molecule has 0 bridgehead atoms. The van der Waals surface area contributed by atoms with Gasteiger partial charge >= 0.3 is 0 Å². The van der Waals surface area contributed by atoms with Crippen LogP contribution in [0.4, 0.5) is 0 Å². The fraction of sp³-hybridized carbons (Fsp3) is 0.0882. The Bertz CT molecular complexity index is 4240. The molecule has 0 radical (unpaired) electrons. The van der Waals surface area contributed by atoms with Gasteiger partial charge in [0.1, 0.15) is 0 Å². The van der Waals surface area contributed by atoms with Gasteiger partial charge in [-0.05, 0) is 117 Å². The molecule has 3 heterocycles. The van der Waals surface area contributed by atoms with Gasteiger partial charge in [-0.25, -0.2) is 4.99 Å². The lowest BCUT2D eigenvalue weighted by Gasteiger charge is -2.30. The number of fused-ring (bicyclic) bond motifs is 9. The normalized spacial score (nSPS) is 16.0. The summed E-state index contributed by atoms with van der Waals surface area (Å²) in [6.07, 6.45) is 10.0. The van der Waals surface area contributed by atoms with Crippen LogP contribution in [0.25, 0.3) is 98.8 Å². The van der Waals surface area contributed by atoms with E-state index < -0.39 is 0 Å². The molecule has 1 aliphatic heterocycles. The molecular formula is C68H50N4. The van der Waals surface area contributed by atoms with E-state index in [1.165, 1.54) is 98.7 Å². The average molecular weight is 923 g/mol. The Hall–Kier alpha value is -8.86. The highest BCUT2D eigenvalue weighted by Crippen LogP contribution is 2.46. The summed E-state index contributed by atoms with van der Waals surface area (Å²) in [5, 5.41) is 9.96. The summed E-state index contributed by atoms with van der Waals surface area (Å²) in [7, 11) is 0. The first kappa shape index (κ1) is 42.1. The van der Waals surface area contributed by atoms with Gasteiger partial charge in [-0.15, -0.1) is 0 Å². The van der Waals surface area contributed by atoms with Crippen molar-refractivity contribution in [3.05, 3.63) is 253 Å². The summed E-state index contributed by atoms with van der Waals surface area (Å²) < 4.78 is 5.04. The number of aromatic nitrogens is 2. The lowest BCUT2D eigenvalue weighted by molar-refractivity contribution is 0.533. The molecule has 12 aromatic rings. The zero-order valence-electron chi connectivity index (χ0n) is 40.1. The van der Waals surface area contributed by atoms with Crippen LogP contribution in [0.5, 0.6) is 0 Å². The lowest BCUT2D eigenvalue weighted by Crippen LogP contribution is -2.28. The summed E-state index contributed by atoms with van der Waals surface area (Å²) in [5.74, 6) is 0.850. The summed E-state index contributed by atoms with van der Waals surface area (Å²) in [4.78, 5) is 11.0. The minimum atomic E-state index is -0.129. The van der Waals surface area contributed by atoms with Gasteiger partial charge in [-0.2, -0.15) is 0 Å². The molecule has 72 heavy (non-hydrogen) atoms. The number of hydrogen-bond donors (Lipinski definition) is 0. The number of nitrogens with zero attached hydrogens (tertiary/aromatic N) is 4. The Balaban J connectivity index is 0.961. The number of amidine groups is 1. The van der Waals surface area contributed by atoms with Gasteiger partial charge in [0.25, 0.3) is 0 Å². The molecule has 10 aromatic carbocycles. The van der Waals surface area contributed by atoms with Crippen molar-refractivity contribution in [1.82, 2.24) is 9.13 Å². The monoisotopic (exact) mass is 922 g/mol. The summed E-state index contributed by atoms with van der Waals surface area (Å²) in [6, 6.07) is 79.9. The van der Waals surface area contributed by atoms with Gasteiger partial charge in [-0.3, -0.25) is 4.99 Å². The third-order valence-corrected chi connectivity index (χ3v) is 15.3. The Morgan fingerprint density at radius 3 is 1.92 bits per heavy atom. The van der Waals surface area contributed by atoms with Crippen LogP contribution < -0.4 is 0 Å². The van der Waals surface area contributed by atoms with Crippen molar-refractivity contribution in [2.75, 3.05) is 0 Å². The van der Waals surface area contributed by atoms with E-state index in [4.69, 9.17) is 9.98 Å². The second-order valence-corrected chi connectivity index (χ2v) is 19.4. The summed E-state index contributed by atoms with van der Waals surface area (Å²) in [6.45, 7) is 2.28. The molecule has 14 rings (SSSR count). The quantitative estimate of drug-likeness (QED) is 0.146. The highest BCUT2D eigenvalue weighted by atomic mass is 15.0. The molecule has 4 heteroatoms. The molecule has 0 saturated carbocycles. The van der Waals surface area contributed by atoms with Gasteiger partial charge < -0.3 is 9.13 Å². The van der Waals surface area contributed by atoms with Crippen molar-refractivity contribution < 1.29 is 0 Å². The van der Waals surface area contributed by atoms with Crippen LogP contribution in [0.3, 0.4) is 0 Å². The highest BCUT2D eigenvalue weighted by molar-refractivity contribution is 6.28. The number of para-hydroxylation sites is 1. The van der Waals surface area contributed by atoms with Gasteiger partial charge in [-0.1, -0.05) is 195 Å². The molecule has 2 aromatic heterocycles. The molecular weight excluding hydrogens is 873 g/mol. The number of benzene rings is 10.